The van der Waals surface area contributed by atoms with Crippen molar-refractivity contribution in [1.82, 2.24) is 0 Å². The van der Waals surface area contributed by atoms with Crippen molar-refractivity contribution in [3.63, 3.8) is 0 Å². The van der Waals surface area contributed by atoms with E-state index in [9.17, 15) is 4.79 Å². The molecule has 1 unspecified atom stereocenters. The molecule has 0 aromatic carbocycles. The van der Waals surface area contributed by atoms with Crippen LogP contribution in [0.15, 0.2) is 0 Å². The average molecular weight is 208 g/mol. The summed E-state index contributed by atoms with van der Waals surface area (Å²) in [6.07, 6.45) is 9.80. The lowest BCUT2D eigenvalue weighted by Gasteiger charge is -2.38. The van der Waals surface area contributed by atoms with Gasteiger partial charge in [-0.15, -0.1) is 0 Å². The van der Waals surface area contributed by atoms with Gasteiger partial charge in [0, 0.05) is 12.8 Å². The van der Waals surface area contributed by atoms with E-state index in [-0.39, 0.29) is 0 Å². The first-order valence-electron chi connectivity index (χ1n) is 6.66. The van der Waals surface area contributed by atoms with Crippen LogP contribution in [0.2, 0.25) is 0 Å². The first kappa shape index (κ1) is 11.2. The Kier molecular flexibility index (Phi) is 3.18. The van der Waals surface area contributed by atoms with Gasteiger partial charge in [-0.1, -0.05) is 33.1 Å². The van der Waals surface area contributed by atoms with E-state index in [1.807, 2.05) is 0 Å². The van der Waals surface area contributed by atoms with Gasteiger partial charge in [0.15, 0.2) is 0 Å². The van der Waals surface area contributed by atoms with Gasteiger partial charge in [-0.2, -0.15) is 0 Å². The average Bonchev–Trinajstić information content (AvgIpc) is 2.60. The predicted molar refractivity (Wildman–Crippen MR) is 62.7 cm³/mol. The molecule has 2 rings (SSSR count). The van der Waals surface area contributed by atoms with E-state index in [0.717, 1.165) is 31.1 Å². The van der Waals surface area contributed by atoms with E-state index in [1.54, 1.807) is 0 Å². The Morgan fingerprint density at radius 2 is 1.93 bits per heavy atom. The second-order valence-corrected chi connectivity index (χ2v) is 6.00. The summed E-state index contributed by atoms with van der Waals surface area (Å²) in [4.78, 5) is 11.4. The summed E-state index contributed by atoms with van der Waals surface area (Å²) in [7, 11) is 0. The van der Waals surface area contributed by atoms with Crippen molar-refractivity contribution in [1.29, 1.82) is 0 Å². The molecule has 0 aliphatic heterocycles. The van der Waals surface area contributed by atoms with Crippen LogP contribution >= 0.6 is 0 Å². The summed E-state index contributed by atoms with van der Waals surface area (Å²) in [5.74, 6) is 2.32. The lowest BCUT2D eigenvalue weighted by atomic mass is 9.66. The number of hydrogen-bond donors (Lipinski definition) is 0. The van der Waals surface area contributed by atoms with Gasteiger partial charge in [0.2, 0.25) is 0 Å². The van der Waals surface area contributed by atoms with E-state index in [4.69, 9.17) is 0 Å². The third kappa shape index (κ3) is 2.26. The van der Waals surface area contributed by atoms with E-state index >= 15 is 0 Å². The van der Waals surface area contributed by atoms with Crippen molar-refractivity contribution in [2.24, 2.45) is 17.3 Å². The van der Waals surface area contributed by atoms with Gasteiger partial charge in [-0.3, -0.25) is 4.79 Å². The molecule has 0 spiro atoms. The Labute approximate surface area is 93.6 Å². The molecule has 0 aromatic rings. The van der Waals surface area contributed by atoms with Crippen LogP contribution in [-0.2, 0) is 4.79 Å². The summed E-state index contributed by atoms with van der Waals surface area (Å²) in [6, 6.07) is 0. The van der Waals surface area contributed by atoms with E-state index in [1.165, 1.54) is 32.1 Å². The van der Waals surface area contributed by atoms with Crippen LogP contribution in [0.1, 0.15) is 65.2 Å². The second-order valence-electron chi connectivity index (χ2n) is 6.00. The highest BCUT2D eigenvalue weighted by atomic mass is 16.1. The molecule has 2 fully saturated rings. The van der Waals surface area contributed by atoms with Crippen LogP contribution in [0.3, 0.4) is 0 Å². The number of carbonyl (C=O) groups is 1. The second kappa shape index (κ2) is 4.27. The zero-order valence-corrected chi connectivity index (χ0v) is 10.2. The van der Waals surface area contributed by atoms with Gasteiger partial charge in [0.05, 0.1) is 0 Å². The van der Waals surface area contributed by atoms with Crippen molar-refractivity contribution in [3.05, 3.63) is 0 Å². The monoisotopic (exact) mass is 208 g/mol. The van der Waals surface area contributed by atoms with Gasteiger partial charge in [-0.25, -0.2) is 0 Å². The van der Waals surface area contributed by atoms with Gasteiger partial charge in [0.1, 0.15) is 5.78 Å². The molecule has 2 aliphatic rings. The minimum Gasteiger partial charge on any atom is -0.300 e. The number of Topliss-reactive ketones (excluding diaryl/α,β-unsaturated/α-hetero) is 1. The third-order valence-electron chi connectivity index (χ3n) is 4.99. The summed E-state index contributed by atoms with van der Waals surface area (Å²) in [6.45, 7) is 4.67. The van der Waals surface area contributed by atoms with Crippen molar-refractivity contribution < 1.29 is 4.79 Å². The SMILES string of the molecule is CCC1CCC(C2(C)CCC(=O)C2)CC1. The molecule has 2 saturated carbocycles. The van der Waals surface area contributed by atoms with E-state index < -0.39 is 0 Å². The third-order valence-corrected chi connectivity index (χ3v) is 4.99. The molecule has 0 N–H and O–H groups in total. The maximum atomic E-state index is 11.4. The number of carbonyl (C=O) groups excluding carboxylic acids is 1. The minimum atomic E-state index is 0.371. The van der Waals surface area contributed by atoms with Gasteiger partial charge >= 0.3 is 0 Å². The first-order chi connectivity index (χ1) is 7.14. The molecule has 1 nitrogen and oxygen atoms in total. The molecular formula is C14H24O. The lowest BCUT2D eigenvalue weighted by Crippen LogP contribution is -2.29. The van der Waals surface area contributed by atoms with Crippen molar-refractivity contribution in [2.45, 2.75) is 65.2 Å². The molecule has 0 radical (unpaired) electrons. The zero-order valence-electron chi connectivity index (χ0n) is 10.2. The van der Waals surface area contributed by atoms with Crippen LogP contribution in [0.4, 0.5) is 0 Å². The fourth-order valence-corrected chi connectivity index (χ4v) is 3.67. The quantitative estimate of drug-likeness (QED) is 0.671. The number of rotatable bonds is 2. The Morgan fingerprint density at radius 1 is 1.27 bits per heavy atom. The Balaban J connectivity index is 1.92. The summed E-state index contributed by atoms with van der Waals surface area (Å²) >= 11 is 0. The van der Waals surface area contributed by atoms with E-state index in [0.29, 0.717) is 11.2 Å². The zero-order chi connectivity index (χ0) is 10.9. The first-order valence-corrected chi connectivity index (χ1v) is 6.66. The predicted octanol–water partition coefficient (Wildman–Crippen LogP) is 3.96. The number of ketones is 1. The summed E-state index contributed by atoms with van der Waals surface area (Å²) in [5.41, 5.74) is 0.371. The molecule has 0 heterocycles. The fourth-order valence-electron chi connectivity index (χ4n) is 3.67. The molecule has 0 saturated heterocycles. The highest BCUT2D eigenvalue weighted by molar-refractivity contribution is 5.81. The maximum absolute atomic E-state index is 11.4. The van der Waals surface area contributed by atoms with Crippen LogP contribution in [0.25, 0.3) is 0 Å². The van der Waals surface area contributed by atoms with Crippen LogP contribution in [0.5, 0.6) is 0 Å². The van der Waals surface area contributed by atoms with Gasteiger partial charge < -0.3 is 0 Å². The van der Waals surface area contributed by atoms with Crippen molar-refractivity contribution in [2.75, 3.05) is 0 Å². The van der Waals surface area contributed by atoms with Gasteiger partial charge in [-0.05, 0) is 36.5 Å². The molecule has 15 heavy (non-hydrogen) atoms. The van der Waals surface area contributed by atoms with Gasteiger partial charge in [0.25, 0.3) is 0 Å². The molecule has 0 amide bonds. The summed E-state index contributed by atoms with van der Waals surface area (Å²) in [5, 5.41) is 0. The van der Waals surface area contributed by atoms with Crippen LogP contribution in [0, 0.1) is 17.3 Å². The van der Waals surface area contributed by atoms with E-state index in [2.05, 4.69) is 13.8 Å². The molecular weight excluding hydrogens is 184 g/mol. The Bertz CT molecular complexity index is 238. The normalized spacial score (nSPS) is 42.1. The van der Waals surface area contributed by atoms with Crippen molar-refractivity contribution >= 4 is 5.78 Å². The van der Waals surface area contributed by atoms with Crippen molar-refractivity contribution in [3.8, 4) is 0 Å². The largest absolute Gasteiger partial charge is 0.300 e. The molecule has 0 bridgehead atoms. The maximum Gasteiger partial charge on any atom is 0.133 e. The fraction of sp³-hybridized carbons (Fsp3) is 0.929. The Morgan fingerprint density at radius 3 is 2.40 bits per heavy atom. The topological polar surface area (TPSA) is 17.1 Å². The lowest BCUT2D eigenvalue weighted by molar-refractivity contribution is -0.118. The molecule has 0 aromatic heterocycles. The van der Waals surface area contributed by atoms with Crippen LogP contribution in [-0.4, -0.2) is 5.78 Å². The standard InChI is InChI=1S/C14H24O/c1-3-11-4-6-12(7-5-11)14(2)9-8-13(15)10-14/h11-12H,3-10H2,1-2H3. The highest BCUT2D eigenvalue weighted by Crippen LogP contribution is 2.49. The number of hydrogen-bond acceptors (Lipinski definition) is 1. The smallest absolute Gasteiger partial charge is 0.133 e. The van der Waals surface area contributed by atoms with Crippen LogP contribution < -0.4 is 0 Å². The molecule has 2 aliphatic carbocycles. The summed E-state index contributed by atoms with van der Waals surface area (Å²) < 4.78 is 0. The molecule has 1 atom stereocenters. The Hall–Kier alpha value is -0.330. The minimum absolute atomic E-state index is 0.371. The highest BCUT2D eigenvalue weighted by Gasteiger charge is 2.41. The molecule has 86 valence electrons. The molecule has 1 heteroatoms.